The van der Waals surface area contributed by atoms with Gasteiger partial charge >= 0.3 is 0 Å². The van der Waals surface area contributed by atoms with Crippen molar-refractivity contribution in [2.24, 2.45) is 17.3 Å². The van der Waals surface area contributed by atoms with Crippen LogP contribution in [0.2, 0.25) is 0 Å². The molecule has 0 bridgehead atoms. The third kappa shape index (κ3) is 2.01. The zero-order chi connectivity index (χ0) is 12.1. The van der Waals surface area contributed by atoms with Gasteiger partial charge in [-0.2, -0.15) is 0 Å². The smallest absolute Gasteiger partial charge is 0.133 e. The molecule has 0 aliphatic heterocycles. The van der Waals surface area contributed by atoms with E-state index in [1.54, 1.807) is 0 Å². The van der Waals surface area contributed by atoms with Crippen LogP contribution in [-0.4, -0.2) is 16.0 Å². The molecular formula is C13H20Cl2O. The Bertz CT molecular complexity index is 308. The van der Waals surface area contributed by atoms with E-state index in [2.05, 4.69) is 20.8 Å². The topological polar surface area (TPSA) is 17.1 Å². The molecule has 0 aromatic rings. The quantitative estimate of drug-likeness (QED) is 0.653. The summed E-state index contributed by atoms with van der Waals surface area (Å²) in [7, 11) is 0. The van der Waals surface area contributed by atoms with Crippen LogP contribution in [0.25, 0.3) is 0 Å². The van der Waals surface area contributed by atoms with Crippen molar-refractivity contribution in [3.63, 3.8) is 0 Å². The highest BCUT2D eigenvalue weighted by atomic mass is 35.5. The molecule has 2 fully saturated rings. The van der Waals surface area contributed by atoms with E-state index < -0.39 is 0 Å². The third-order valence-electron chi connectivity index (χ3n) is 4.73. The van der Waals surface area contributed by atoms with Gasteiger partial charge in [0.25, 0.3) is 0 Å². The molecule has 2 aliphatic rings. The number of rotatable bonds is 1. The highest BCUT2D eigenvalue weighted by Crippen LogP contribution is 2.56. The first-order valence-corrected chi connectivity index (χ1v) is 6.89. The van der Waals surface area contributed by atoms with Crippen LogP contribution in [0.15, 0.2) is 0 Å². The molecule has 0 N–H and O–H groups in total. The fourth-order valence-corrected chi connectivity index (χ4v) is 4.04. The van der Waals surface area contributed by atoms with Crippen molar-refractivity contribution in [2.75, 3.05) is 0 Å². The summed E-state index contributed by atoms with van der Waals surface area (Å²) in [5, 5.41) is 0.0979. The van der Waals surface area contributed by atoms with Gasteiger partial charge in [0.05, 0.1) is 0 Å². The number of fused-ring (bicyclic) bond motifs is 1. The van der Waals surface area contributed by atoms with E-state index in [0.717, 1.165) is 12.8 Å². The molecule has 92 valence electrons. The van der Waals surface area contributed by atoms with Gasteiger partial charge in [0.15, 0.2) is 0 Å². The van der Waals surface area contributed by atoms with Gasteiger partial charge in [-0.25, -0.2) is 0 Å². The number of hydrogen-bond donors (Lipinski definition) is 0. The molecule has 0 radical (unpaired) electrons. The number of alkyl halides is 2. The molecule has 0 amide bonds. The number of halogens is 2. The normalized spacial score (nSPS) is 44.6. The minimum absolute atomic E-state index is 0.0251. The molecule has 0 aromatic carbocycles. The zero-order valence-electron chi connectivity index (χ0n) is 10.2. The summed E-state index contributed by atoms with van der Waals surface area (Å²) in [6.45, 7) is 6.29. The highest BCUT2D eigenvalue weighted by Gasteiger charge is 2.53. The second kappa shape index (κ2) is 3.88. The maximum Gasteiger partial charge on any atom is 0.133 e. The Morgan fingerprint density at radius 2 is 2.00 bits per heavy atom. The van der Waals surface area contributed by atoms with Crippen molar-refractivity contribution < 1.29 is 4.79 Å². The average Bonchev–Trinajstić information content (AvgIpc) is 2.39. The Morgan fingerprint density at radius 3 is 2.56 bits per heavy atom. The molecule has 2 aliphatic carbocycles. The van der Waals surface area contributed by atoms with Gasteiger partial charge in [-0.15, -0.1) is 23.2 Å². The third-order valence-corrected chi connectivity index (χ3v) is 5.72. The lowest BCUT2D eigenvalue weighted by Crippen LogP contribution is -2.44. The Balaban J connectivity index is 2.20. The fraction of sp³-hybridized carbons (Fsp3) is 0.923. The van der Waals surface area contributed by atoms with E-state index in [9.17, 15) is 4.79 Å². The zero-order valence-corrected chi connectivity index (χ0v) is 11.7. The van der Waals surface area contributed by atoms with E-state index in [0.29, 0.717) is 30.5 Å². The maximum atomic E-state index is 11.6. The molecular weight excluding hydrogens is 243 g/mol. The number of carbonyl (C=O) groups is 1. The van der Waals surface area contributed by atoms with Crippen LogP contribution >= 0.6 is 23.2 Å². The molecule has 1 nitrogen and oxygen atoms in total. The summed E-state index contributed by atoms with van der Waals surface area (Å²) in [5.41, 5.74) is 0.0251. The summed E-state index contributed by atoms with van der Waals surface area (Å²) in [6, 6.07) is 0. The standard InChI is InChI=1S/C13H20Cl2O/c1-12(2,15)8-4-9-5-10(16)7-13(9,3)11(14)6-8/h8-9,11H,4-7H2,1-3H3/t8-,9-,11+,13+/m1/s1. The molecule has 4 atom stereocenters. The van der Waals surface area contributed by atoms with Gasteiger partial charge < -0.3 is 0 Å². The van der Waals surface area contributed by atoms with Crippen LogP contribution in [0, 0.1) is 17.3 Å². The van der Waals surface area contributed by atoms with Crippen LogP contribution in [0.4, 0.5) is 0 Å². The van der Waals surface area contributed by atoms with Crippen LogP contribution in [0.3, 0.4) is 0 Å². The molecule has 0 unspecified atom stereocenters. The van der Waals surface area contributed by atoms with Gasteiger partial charge in [-0.3, -0.25) is 4.79 Å². The van der Waals surface area contributed by atoms with E-state index in [4.69, 9.17) is 23.2 Å². The van der Waals surface area contributed by atoms with Crippen molar-refractivity contribution in [2.45, 2.75) is 56.7 Å². The Morgan fingerprint density at radius 1 is 1.38 bits per heavy atom. The van der Waals surface area contributed by atoms with Gasteiger partial charge in [0.1, 0.15) is 5.78 Å². The average molecular weight is 263 g/mol. The lowest BCUT2D eigenvalue weighted by Gasteiger charge is -2.46. The van der Waals surface area contributed by atoms with Gasteiger partial charge in [0.2, 0.25) is 0 Å². The molecule has 2 saturated carbocycles. The van der Waals surface area contributed by atoms with Crippen molar-refractivity contribution >= 4 is 29.0 Å². The largest absolute Gasteiger partial charge is 0.300 e. The van der Waals surface area contributed by atoms with E-state index in [1.165, 1.54) is 0 Å². The second-order valence-corrected chi connectivity index (χ2v) is 7.82. The minimum Gasteiger partial charge on any atom is -0.300 e. The first-order chi connectivity index (χ1) is 7.23. The van der Waals surface area contributed by atoms with E-state index in [-0.39, 0.29) is 15.7 Å². The van der Waals surface area contributed by atoms with Crippen molar-refractivity contribution in [1.82, 2.24) is 0 Å². The van der Waals surface area contributed by atoms with Crippen LogP contribution in [0.1, 0.15) is 46.5 Å². The van der Waals surface area contributed by atoms with Gasteiger partial charge in [-0.1, -0.05) is 6.92 Å². The first-order valence-electron chi connectivity index (χ1n) is 6.08. The lowest BCUT2D eigenvalue weighted by molar-refractivity contribution is -0.118. The highest BCUT2D eigenvalue weighted by molar-refractivity contribution is 6.24. The van der Waals surface area contributed by atoms with E-state index >= 15 is 0 Å². The molecule has 0 spiro atoms. The molecule has 3 heteroatoms. The van der Waals surface area contributed by atoms with Crippen molar-refractivity contribution in [1.29, 1.82) is 0 Å². The summed E-state index contributed by atoms with van der Waals surface area (Å²) in [4.78, 5) is 11.4. The number of Topliss-reactive ketones (excluding diaryl/α,β-unsaturated/α-hetero) is 1. The number of ketones is 1. The first kappa shape index (κ1) is 12.7. The van der Waals surface area contributed by atoms with Crippen molar-refractivity contribution in [3.05, 3.63) is 0 Å². The van der Waals surface area contributed by atoms with Crippen LogP contribution < -0.4 is 0 Å². The Labute approximate surface area is 108 Å². The Kier molecular flexibility index (Phi) is 3.08. The van der Waals surface area contributed by atoms with Gasteiger partial charge in [0, 0.05) is 23.1 Å². The summed E-state index contributed by atoms with van der Waals surface area (Å²) in [5.74, 6) is 1.26. The summed E-state index contributed by atoms with van der Waals surface area (Å²) < 4.78 is 0. The molecule has 2 rings (SSSR count). The predicted octanol–water partition coefficient (Wildman–Crippen LogP) is 4.01. The molecule has 16 heavy (non-hydrogen) atoms. The Hall–Kier alpha value is 0.250. The number of hydrogen-bond acceptors (Lipinski definition) is 1. The van der Waals surface area contributed by atoms with E-state index in [1.807, 2.05) is 0 Å². The molecule has 0 heterocycles. The second-order valence-electron chi connectivity index (χ2n) is 6.32. The van der Waals surface area contributed by atoms with Crippen LogP contribution in [-0.2, 0) is 4.79 Å². The molecule has 0 saturated heterocycles. The maximum absolute atomic E-state index is 11.6. The predicted molar refractivity (Wildman–Crippen MR) is 68.1 cm³/mol. The SMILES string of the molecule is CC(C)(Cl)[C@@H]1C[C@@H]2CC(=O)C[C@]2(C)[C@@H](Cl)C1. The summed E-state index contributed by atoms with van der Waals surface area (Å²) in [6.07, 6.45) is 3.38. The number of carbonyl (C=O) groups excluding carboxylic acids is 1. The van der Waals surface area contributed by atoms with Crippen LogP contribution in [0.5, 0.6) is 0 Å². The minimum atomic E-state index is -0.208. The fourth-order valence-electron chi connectivity index (χ4n) is 3.39. The molecule has 0 aromatic heterocycles. The van der Waals surface area contributed by atoms with Gasteiger partial charge in [-0.05, 0) is 43.9 Å². The van der Waals surface area contributed by atoms with Crippen molar-refractivity contribution in [3.8, 4) is 0 Å². The monoisotopic (exact) mass is 262 g/mol. The lowest BCUT2D eigenvalue weighted by atomic mass is 9.63. The summed E-state index contributed by atoms with van der Waals surface area (Å²) >= 11 is 12.9.